The third kappa shape index (κ3) is 4.65. The minimum absolute atomic E-state index is 0.343. The number of rotatable bonds is 4. The summed E-state index contributed by atoms with van der Waals surface area (Å²) in [7, 11) is 0. The summed E-state index contributed by atoms with van der Waals surface area (Å²) in [4.78, 5) is 5.12. The largest absolute Gasteiger partial charge is 0.369 e. The van der Waals surface area contributed by atoms with Crippen molar-refractivity contribution in [2.45, 2.75) is 27.7 Å². The zero-order valence-electron chi connectivity index (χ0n) is 14.0. The van der Waals surface area contributed by atoms with E-state index >= 15 is 0 Å². The Morgan fingerprint density at radius 1 is 1.14 bits per heavy atom. The van der Waals surface area contributed by atoms with Gasteiger partial charge in [-0.2, -0.15) is 12.6 Å². The summed E-state index contributed by atoms with van der Waals surface area (Å²) < 4.78 is 0. The van der Waals surface area contributed by atoms with E-state index in [1.165, 1.54) is 17.8 Å². The summed E-state index contributed by atoms with van der Waals surface area (Å²) in [5.74, 6) is 1.63. The van der Waals surface area contributed by atoms with Crippen LogP contribution in [0.2, 0.25) is 0 Å². The van der Waals surface area contributed by atoms with Crippen LogP contribution in [-0.4, -0.2) is 43.4 Å². The summed E-state index contributed by atoms with van der Waals surface area (Å²) in [5.41, 5.74) is 3.06. The van der Waals surface area contributed by atoms with Gasteiger partial charge in [0.25, 0.3) is 0 Å². The van der Waals surface area contributed by atoms with Crippen LogP contribution in [0.5, 0.6) is 0 Å². The molecule has 2 rings (SSSR count). The van der Waals surface area contributed by atoms with Gasteiger partial charge >= 0.3 is 0 Å². The molecule has 2 nitrogen and oxygen atoms in total. The molecule has 1 unspecified atom stereocenters. The number of thiol groups is 1. The Morgan fingerprint density at radius 2 is 1.81 bits per heavy atom. The van der Waals surface area contributed by atoms with Crippen molar-refractivity contribution in [1.29, 1.82) is 0 Å². The summed E-state index contributed by atoms with van der Waals surface area (Å²) >= 11 is 4.56. The Bertz CT molecular complexity index is 445. The lowest BCUT2D eigenvalue weighted by Gasteiger charge is -2.40. The zero-order chi connectivity index (χ0) is 15.5. The molecule has 21 heavy (non-hydrogen) atoms. The Balaban J connectivity index is 1.88. The second-order valence-corrected chi connectivity index (χ2v) is 7.74. The fourth-order valence-electron chi connectivity index (χ4n) is 2.93. The molecule has 1 saturated heterocycles. The van der Waals surface area contributed by atoms with Crippen LogP contribution in [0.1, 0.15) is 26.3 Å². The highest BCUT2D eigenvalue weighted by atomic mass is 32.1. The van der Waals surface area contributed by atoms with Gasteiger partial charge < -0.3 is 4.90 Å². The van der Waals surface area contributed by atoms with Crippen molar-refractivity contribution in [2.24, 2.45) is 11.3 Å². The second kappa shape index (κ2) is 7.06. The summed E-state index contributed by atoms with van der Waals surface area (Å²) in [6.45, 7) is 14.9. The van der Waals surface area contributed by atoms with E-state index in [4.69, 9.17) is 0 Å². The number of aryl methyl sites for hydroxylation is 1. The molecule has 0 N–H and O–H groups in total. The van der Waals surface area contributed by atoms with Crippen molar-refractivity contribution >= 4 is 18.3 Å². The molecule has 0 aromatic heterocycles. The summed E-state index contributed by atoms with van der Waals surface area (Å²) in [6.07, 6.45) is 0. The molecule has 118 valence electrons. The van der Waals surface area contributed by atoms with Gasteiger partial charge in [-0.15, -0.1) is 0 Å². The molecular weight excluding hydrogens is 276 g/mol. The average Bonchev–Trinajstić information content (AvgIpc) is 2.44. The number of hydrogen-bond donors (Lipinski definition) is 1. The Morgan fingerprint density at radius 3 is 2.33 bits per heavy atom. The molecule has 0 saturated carbocycles. The van der Waals surface area contributed by atoms with Gasteiger partial charge in [-0.05, 0) is 41.7 Å². The summed E-state index contributed by atoms with van der Waals surface area (Å²) in [5, 5.41) is 0. The fraction of sp³-hybridized carbons (Fsp3) is 0.667. The molecule has 1 atom stereocenters. The third-order valence-electron chi connectivity index (χ3n) is 4.66. The van der Waals surface area contributed by atoms with Crippen LogP contribution < -0.4 is 4.90 Å². The molecule has 0 spiro atoms. The van der Waals surface area contributed by atoms with E-state index in [0.717, 1.165) is 31.9 Å². The number of benzene rings is 1. The lowest BCUT2D eigenvalue weighted by Crippen LogP contribution is -2.49. The van der Waals surface area contributed by atoms with E-state index < -0.39 is 0 Å². The lowest BCUT2D eigenvalue weighted by atomic mass is 9.81. The Kier molecular flexibility index (Phi) is 5.61. The Labute approximate surface area is 135 Å². The van der Waals surface area contributed by atoms with E-state index in [2.05, 4.69) is 74.4 Å². The maximum atomic E-state index is 4.56. The van der Waals surface area contributed by atoms with Crippen molar-refractivity contribution in [2.75, 3.05) is 43.4 Å². The first-order valence-electron chi connectivity index (χ1n) is 8.05. The quantitative estimate of drug-likeness (QED) is 0.847. The van der Waals surface area contributed by atoms with Gasteiger partial charge in [-0.1, -0.05) is 32.9 Å². The van der Waals surface area contributed by atoms with Crippen LogP contribution in [0.15, 0.2) is 24.3 Å². The number of anilines is 1. The van der Waals surface area contributed by atoms with E-state index in [1.54, 1.807) is 0 Å². The number of nitrogens with zero attached hydrogens (tertiary/aromatic N) is 2. The molecule has 3 heteroatoms. The van der Waals surface area contributed by atoms with E-state index in [0.29, 0.717) is 11.3 Å². The van der Waals surface area contributed by atoms with Gasteiger partial charge in [-0.3, -0.25) is 4.90 Å². The van der Waals surface area contributed by atoms with Gasteiger partial charge in [0.15, 0.2) is 0 Å². The van der Waals surface area contributed by atoms with Crippen molar-refractivity contribution in [1.82, 2.24) is 4.90 Å². The van der Waals surface area contributed by atoms with Crippen LogP contribution in [-0.2, 0) is 0 Å². The predicted molar refractivity (Wildman–Crippen MR) is 96.6 cm³/mol. The predicted octanol–water partition coefficient (Wildman–Crippen LogP) is 3.71. The molecule has 0 bridgehead atoms. The third-order valence-corrected chi connectivity index (χ3v) is 5.10. The SMILES string of the molecule is Cc1cccc(N2CCN(CC(CS)C(C)(C)C)CC2)c1. The molecule has 1 aromatic carbocycles. The molecule has 0 aliphatic carbocycles. The highest BCUT2D eigenvalue weighted by molar-refractivity contribution is 7.80. The van der Waals surface area contributed by atoms with Gasteiger partial charge in [0.05, 0.1) is 0 Å². The van der Waals surface area contributed by atoms with Crippen molar-refractivity contribution < 1.29 is 0 Å². The van der Waals surface area contributed by atoms with Crippen molar-refractivity contribution in [3.8, 4) is 0 Å². The van der Waals surface area contributed by atoms with Gasteiger partial charge in [-0.25, -0.2) is 0 Å². The topological polar surface area (TPSA) is 6.48 Å². The smallest absolute Gasteiger partial charge is 0.0369 e. The first-order chi connectivity index (χ1) is 9.90. The van der Waals surface area contributed by atoms with Crippen LogP contribution >= 0.6 is 12.6 Å². The van der Waals surface area contributed by atoms with Crippen LogP contribution in [0.25, 0.3) is 0 Å². The molecule has 1 fully saturated rings. The highest BCUT2D eigenvalue weighted by Crippen LogP contribution is 2.28. The number of piperazine rings is 1. The second-order valence-electron chi connectivity index (χ2n) is 7.37. The minimum atomic E-state index is 0.343. The van der Waals surface area contributed by atoms with E-state index in [1.807, 2.05) is 0 Å². The lowest BCUT2D eigenvalue weighted by molar-refractivity contribution is 0.159. The zero-order valence-corrected chi connectivity index (χ0v) is 14.9. The average molecular weight is 307 g/mol. The standard InChI is InChI=1S/C18H30N2S/c1-15-6-5-7-17(12-15)20-10-8-19(9-11-20)13-16(14-21)18(2,3)4/h5-7,12,16,21H,8-11,13-14H2,1-4H3. The highest BCUT2D eigenvalue weighted by Gasteiger charge is 2.27. The molecular formula is C18H30N2S. The van der Waals surface area contributed by atoms with Crippen LogP contribution in [0.3, 0.4) is 0 Å². The summed E-state index contributed by atoms with van der Waals surface area (Å²) in [6, 6.07) is 8.85. The van der Waals surface area contributed by atoms with E-state index in [-0.39, 0.29) is 0 Å². The first kappa shape index (κ1) is 16.7. The van der Waals surface area contributed by atoms with Gasteiger partial charge in [0.2, 0.25) is 0 Å². The monoisotopic (exact) mass is 306 g/mol. The van der Waals surface area contributed by atoms with Gasteiger partial charge in [0, 0.05) is 38.4 Å². The van der Waals surface area contributed by atoms with E-state index in [9.17, 15) is 0 Å². The van der Waals surface area contributed by atoms with Crippen LogP contribution in [0, 0.1) is 18.3 Å². The van der Waals surface area contributed by atoms with Crippen molar-refractivity contribution in [3.63, 3.8) is 0 Å². The molecule has 1 aromatic rings. The molecule has 1 aliphatic heterocycles. The molecule has 0 radical (unpaired) electrons. The molecule has 1 heterocycles. The number of hydrogen-bond acceptors (Lipinski definition) is 3. The van der Waals surface area contributed by atoms with Gasteiger partial charge in [0.1, 0.15) is 0 Å². The maximum absolute atomic E-state index is 4.56. The Hall–Kier alpha value is -0.670. The van der Waals surface area contributed by atoms with Crippen molar-refractivity contribution in [3.05, 3.63) is 29.8 Å². The fourth-order valence-corrected chi connectivity index (χ4v) is 3.59. The molecule has 0 amide bonds. The van der Waals surface area contributed by atoms with Crippen LogP contribution in [0.4, 0.5) is 5.69 Å². The first-order valence-corrected chi connectivity index (χ1v) is 8.68. The normalized spacial score (nSPS) is 18.8. The molecule has 1 aliphatic rings. The maximum Gasteiger partial charge on any atom is 0.0369 e. The minimum Gasteiger partial charge on any atom is -0.369 e.